The van der Waals surface area contributed by atoms with E-state index in [4.69, 9.17) is 4.74 Å². The highest BCUT2D eigenvalue weighted by molar-refractivity contribution is 5.89. The van der Waals surface area contributed by atoms with Gasteiger partial charge >= 0.3 is 5.97 Å². The lowest BCUT2D eigenvalue weighted by molar-refractivity contribution is 0.0600. The second-order valence-electron chi connectivity index (χ2n) is 6.83. The Balaban J connectivity index is 1.66. The molecular formula is C20H26N4O2. The number of aromatic nitrogens is 2. The maximum absolute atomic E-state index is 11.6. The number of hydrogen-bond donors (Lipinski definition) is 0. The van der Waals surface area contributed by atoms with Crippen LogP contribution in [-0.2, 0) is 4.74 Å². The zero-order valence-corrected chi connectivity index (χ0v) is 15.8. The monoisotopic (exact) mass is 354 g/mol. The Labute approximate surface area is 154 Å². The lowest BCUT2D eigenvalue weighted by atomic mass is 10.1. The van der Waals surface area contributed by atoms with Crippen LogP contribution >= 0.6 is 0 Å². The fourth-order valence-corrected chi connectivity index (χ4v) is 3.50. The van der Waals surface area contributed by atoms with Crippen molar-refractivity contribution in [3.8, 4) is 0 Å². The molecule has 1 aromatic heterocycles. The van der Waals surface area contributed by atoms with Crippen molar-refractivity contribution in [3.05, 3.63) is 53.6 Å². The third-order valence-corrected chi connectivity index (χ3v) is 5.06. The highest BCUT2D eigenvalue weighted by Gasteiger charge is 2.28. The minimum absolute atomic E-state index is 0.238. The SMILES string of the molecule is COC(=O)c1ccc(N2CCN([C@@H](C)c3cnc(C)cn3)[C@H](C)C2)cc1. The summed E-state index contributed by atoms with van der Waals surface area (Å²) in [4.78, 5) is 25.3. The average Bonchev–Trinajstić information content (AvgIpc) is 2.67. The van der Waals surface area contributed by atoms with Gasteiger partial charge in [0.2, 0.25) is 0 Å². The molecule has 6 heteroatoms. The predicted molar refractivity (Wildman–Crippen MR) is 101 cm³/mol. The van der Waals surface area contributed by atoms with Crippen molar-refractivity contribution in [1.29, 1.82) is 0 Å². The van der Waals surface area contributed by atoms with E-state index in [0.29, 0.717) is 11.6 Å². The Bertz CT molecular complexity index is 745. The van der Waals surface area contributed by atoms with Crippen molar-refractivity contribution < 1.29 is 9.53 Å². The van der Waals surface area contributed by atoms with Crippen LogP contribution in [0.1, 0.15) is 41.6 Å². The van der Waals surface area contributed by atoms with Gasteiger partial charge in [-0.1, -0.05) is 0 Å². The Morgan fingerprint density at radius 3 is 2.50 bits per heavy atom. The second-order valence-corrected chi connectivity index (χ2v) is 6.83. The number of aryl methyl sites for hydroxylation is 1. The molecule has 0 saturated carbocycles. The molecule has 0 amide bonds. The zero-order chi connectivity index (χ0) is 18.7. The number of methoxy groups -OCH3 is 1. The van der Waals surface area contributed by atoms with Crippen molar-refractivity contribution in [2.45, 2.75) is 32.9 Å². The van der Waals surface area contributed by atoms with Gasteiger partial charge < -0.3 is 9.64 Å². The Kier molecular flexibility index (Phi) is 5.52. The second kappa shape index (κ2) is 7.83. The predicted octanol–water partition coefficient (Wildman–Crippen LogP) is 2.84. The van der Waals surface area contributed by atoms with E-state index < -0.39 is 0 Å². The summed E-state index contributed by atoms with van der Waals surface area (Å²) in [6.07, 6.45) is 3.71. The Morgan fingerprint density at radius 1 is 1.19 bits per heavy atom. The quantitative estimate of drug-likeness (QED) is 0.787. The average molecular weight is 354 g/mol. The van der Waals surface area contributed by atoms with Crippen LogP contribution in [0.3, 0.4) is 0 Å². The fraction of sp³-hybridized carbons (Fsp3) is 0.450. The number of benzene rings is 1. The smallest absolute Gasteiger partial charge is 0.337 e. The van der Waals surface area contributed by atoms with E-state index in [9.17, 15) is 4.79 Å². The number of ether oxygens (including phenoxy) is 1. The van der Waals surface area contributed by atoms with Gasteiger partial charge in [-0.2, -0.15) is 0 Å². The molecule has 1 aliphatic heterocycles. The molecule has 0 aliphatic carbocycles. The van der Waals surface area contributed by atoms with Crippen LogP contribution in [0.15, 0.2) is 36.7 Å². The summed E-state index contributed by atoms with van der Waals surface area (Å²) in [7, 11) is 1.40. The van der Waals surface area contributed by atoms with Crippen molar-refractivity contribution in [2.24, 2.45) is 0 Å². The molecule has 6 nitrogen and oxygen atoms in total. The van der Waals surface area contributed by atoms with Crippen LogP contribution in [0, 0.1) is 6.92 Å². The summed E-state index contributed by atoms with van der Waals surface area (Å²) in [6, 6.07) is 8.25. The van der Waals surface area contributed by atoms with E-state index in [0.717, 1.165) is 36.7 Å². The standard InChI is InChI=1S/C20H26N4O2/c1-14-11-22-19(12-21-14)16(3)24-10-9-23(13-15(24)2)18-7-5-17(6-8-18)20(25)26-4/h5-8,11-12,15-16H,9-10,13H2,1-4H3/t15-,16+/m1/s1. The van der Waals surface area contributed by atoms with Gasteiger partial charge in [0.25, 0.3) is 0 Å². The lowest BCUT2D eigenvalue weighted by Crippen LogP contribution is -2.52. The highest BCUT2D eigenvalue weighted by atomic mass is 16.5. The number of piperazine rings is 1. The first kappa shape index (κ1) is 18.3. The molecule has 0 spiro atoms. The summed E-state index contributed by atoms with van der Waals surface area (Å²) >= 11 is 0. The first-order chi connectivity index (χ1) is 12.5. The summed E-state index contributed by atoms with van der Waals surface area (Å²) in [6.45, 7) is 9.21. The van der Waals surface area contributed by atoms with Gasteiger partial charge in [-0.25, -0.2) is 4.79 Å². The summed E-state index contributed by atoms with van der Waals surface area (Å²) < 4.78 is 4.76. The van der Waals surface area contributed by atoms with E-state index in [-0.39, 0.29) is 12.0 Å². The lowest BCUT2D eigenvalue weighted by Gasteiger charge is -2.43. The number of rotatable bonds is 4. The molecule has 0 bridgehead atoms. The van der Waals surface area contributed by atoms with E-state index >= 15 is 0 Å². The largest absolute Gasteiger partial charge is 0.465 e. The van der Waals surface area contributed by atoms with Gasteiger partial charge in [0.15, 0.2) is 0 Å². The number of esters is 1. The van der Waals surface area contributed by atoms with Crippen LogP contribution in [0.25, 0.3) is 0 Å². The molecule has 1 aromatic carbocycles. The highest BCUT2D eigenvalue weighted by Crippen LogP contribution is 2.26. The van der Waals surface area contributed by atoms with Crippen molar-refractivity contribution in [2.75, 3.05) is 31.6 Å². The van der Waals surface area contributed by atoms with Crippen molar-refractivity contribution >= 4 is 11.7 Å². The number of carbonyl (C=O) groups excluding carboxylic acids is 1. The summed E-state index contributed by atoms with van der Waals surface area (Å²) in [5, 5.41) is 0. The van der Waals surface area contributed by atoms with Crippen LogP contribution in [0.4, 0.5) is 5.69 Å². The van der Waals surface area contributed by atoms with E-state index in [1.165, 1.54) is 7.11 Å². The molecular weight excluding hydrogens is 328 g/mol. The molecule has 1 fully saturated rings. The van der Waals surface area contributed by atoms with E-state index in [2.05, 4.69) is 33.6 Å². The molecule has 0 radical (unpaired) electrons. The van der Waals surface area contributed by atoms with E-state index in [1.54, 1.807) is 0 Å². The molecule has 0 unspecified atom stereocenters. The van der Waals surface area contributed by atoms with Gasteiger partial charge in [0.05, 0.1) is 36.3 Å². The minimum atomic E-state index is -0.303. The van der Waals surface area contributed by atoms with E-state index in [1.807, 2.05) is 43.6 Å². The third-order valence-electron chi connectivity index (χ3n) is 5.06. The van der Waals surface area contributed by atoms with Gasteiger partial charge in [-0.05, 0) is 45.0 Å². The molecule has 2 atom stereocenters. The van der Waals surface area contributed by atoms with Gasteiger partial charge in [0.1, 0.15) is 0 Å². The molecule has 26 heavy (non-hydrogen) atoms. The summed E-state index contributed by atoms with van der Waals surface area (Å²) in [5.74, 6) is -0.303. The molecule has 0 N–H and O–H groups in total. The van der Waals surface area contributed by atoms with Crippen LogP contribution in [0.2, 0.25) is 0 Å². The minimum Gasteiger partial charge on any atom is -0.465 e. The van der Waals surface area contributed by atoms with Gasteiger partial charge in [0, 0.05) is 37.6 Å². The van der Waals surface area contributed by atoms with Crippen LogP contribution in [-0.4, -0.2) is 53.6 Å². The number of carbonyl (C=O) groups is 1. The normalized spacial score (nSPS) is 19.2. The molecule has 2 heterocycles. The van der Waals surface area contributed by atoms with Crippen LogP contribution < -0.4 is 4.90 Å². The third kappa shape index (κ3) is 3.85. The molecule has 3 rings (SSSR count). The Morgan fingerprint density at radius 2 is 1.92 bits per heavy atom. The number of hydrogen-bond acceptors (Lipinski definition) is 6. The Hall–Kier alpha value is -2.47. The van der Waals surface area contributed by atoms with Crippen LogP contribution in [0.5, 0.6) is 0 Å². The topological polar surface area (TPSA) is 58.6 Å². The fourth-order valence-electron chi connectivity index (χ4n) is 3.50. The first-order valence-corrected chi connectivity index (χ1v) is 8.97. The van der Waals surface area contributed by atoms with Gasteiger partial charge in [-0.15, -0.1) is 0 Å². The first-order valence-electron chi connectivity index (χ1n) is 8.97. The maximum atomic E-state index is 11.6. The molecule has 2 aromatic rings. The van der Waals surface area contributed by atoms with Crippen molar-refractivity contribution in [3.63, 3.8) is 0 Å². The van der Waals surface area contributed by atoms with Gasteiger partial charge in [-0.3, -0.25) is 14.9 Å². The zero-order valence-electron chi connectivity index (χ0n) is 15.8. The molecule has 138 valence electrons. The number of nitrogens with zero attached hydrogens (tertiary/aromatic N) is 4. The molecule has 1 aliphatic rings. The van der Waals surface area contributed by atoms with Crippen molar-refractivity contribution in [1.82, 2.24) is 14.9 Å². The number of anilines is 1. The maximum Gasteiger partial charge on any atom is 0.337 e. The summed E-state index contributed by atoms with van der Waals surface area (Å²) in [5.41, 5.74) is 3.66. The molecule has 1 saturated heterocycles.